The minimum Gasteiger partial charge on any atom is -0.355 e. The van der Waals surface area contributed by atoms with Crippen molar-refractivity contribution in [2.75, 3.05) is 20.6 Å². The van der Waals surface area contributed by atoms with E-state index in [1.165, 1.54) is 30.2 Å². The van der Waals surface area contributed by atoms with E-state index in [4.69, 9.17) is 23.2 Å². The van der Waals surface area contributed by atoms with Crippen molar-refractivity contribution in [3.63, 3.8) is 0 Å². The highest BCUT2D eigenvalue weighted by Crippen LogP contribution is 2.22. The standard InChI is InChI=1S/C11H15N.C8H7Cl2NO/c1-9-4-3-5-10-8-12(2)7-6-11(9)10;1-11-8(12)5-2-3-6(9)7(10)4-5/h3-5H,6-8H2,1-2H3;2-4H,1H3,(H,11,12). The van der Waals surface area contributed by atoms with Gasteiger partial charge in [-0.1, -0.05) is 41.4 Å². The molecule has 0 atom stereocenters. The summed E-state index contributed by atoms with van der Waals surface area (Å²) in [5, 5.41) is 3.32. The summed E-state index contributed by atoms with van der Waals surface area (Å²) in [5.41, 5.74) is 5.06. The van der Waals surface area contributed by atoms with E-state index in [9.17, 15) is 4.79 Å². The Morgan fingerprint density at radius 2 is 1.92 bits per heavy atom. The van der Waals surface area contributed by atoms with Gasteiger partial charge in [0.2, 0.25) is 0 Å². The molecule has 0 aliphatic carbocycles. The monoisotopic (exact) mass is 364 g/mol. The van der Waals surface area contributed by atoms with Gasteiger partial charge in [0.1, 0.15) is 0 Å². The van der Waals surface area contributed by atoms with Crippen LogP contribution < -0.4 is 5.32 Å². The minimum atomic E-state index is -0.173. The minimum absolute atomic E-state index is 0.173. The number of likely N-dealkylation sites (N-methyl/N-ethyl adjacent to an activating group) is 1. The van der Waals surface area contributed by atoms with Crippen LogP contribution >= 0.6 is 23.2 Å². The summed E-state index contributed by atoms with van der Waals surface area (Å²) in [7, 11) is 3.75. The fourth-order valence-corrected chi connectivity index (χ4v) is 3.02. The largest absolute Gasteiger partial charge is 0.355 e. The lowest BCUT2D eigenvalue weighted by Gasteiger charge is -2.25. The molecule has 0 radical (unpaired) electrons. The van der Waals surface area contributed by atoms with Crippen LogP contribution in [0.25, 0.3) is 0 Å². The number of hydrogen-bond donors (Lipinski definition) is 1. The van der Waals surface area contributed by atoms with Gasteiger partial charge in [-0.05, 0) is 55.3 Å². The molecule has 1 heterocycles. The van der Waals surface area contributed by atoms with Crippen LogP contribution in [0.5, 0.6) is 0 Å². The normalized spacial score (nSPS) is 13.5. The molecule has 128 valence electrons. The lowest BCUT2D eigenvalue weighted by molar-refractivity contribution is 0.0963. The van der Waals surface area contributed by atoms with E-state index in [-0.39, 0.29) is 5.91 Å². The Balaban J connectivity index is 0.000000174. The molecule has 3 nitrogen and oxygen atoms in total. The Labute approximate surface area is 153 Å². The molecule has 24 heavy (non-hydrogen) atoms. The second-order valence-electron chi connectivity index (χ2n) is 5.91. The molecule has 1 N–H and O–H groups in total. The number of fused-ring (bicyclic) bond motifs is 1. The zero-order valence-corrected chi connectivity index (χ0v) is 15.7. The van der Waals surface area contributed by atoms with Crippen LogP contribution in [0, 0.1) is 6.92 Å². The molecule has 2 aromatic rings. The van der Waals surface area contributed by atoms with E-state index in [0.717, 1.165) is 6.54 Å². The van der Waals surface area contributed by atoms with Gasteiger partial charge in [-0.3, -0.25) is 4.79 Å². The Morgan fingerprint density at radius 1 is 1.17 bits per heavy atom. The van der Waals surface area contributed by atoms with Gasteiger partial charge in [0, 0.05) is 25.7 Å². The van der Waals surface area contributed by atoms with Gasteiger partial charge in [0.25, 0.3) is 5.91 Å². The molecule has 1 amide bonds. The van der Waals surface area contributed by atoms with Crippen molar-refractivity contribution in [2.24, 2.45) is 0 Å². The molecule has 0 bridgehead atoms. The number of carbonyl (C=O) groups is 1. The van der Waals surface area contributed by atoms with E-state index in [1.54, 1.807) is 24.7 Å². The van der Waals surface area contributed by atoms with Gasteiger partial charge in [0.05, 0.1) is 10.0 Å². The van der Waals surface area contributed by atoms with Crippen LogP contribution in [-0.4, -0.2) is 31.4 Å². The molecule has 1 aliphatic heterocycles. The summed E-state index contributed by atoms with van der Waals surface area (Å²) in [6.07, 6.45) is 1.22. The van der Waals surface area contributed by atoms with Crippen molar-refractivity contribution in [1.82, 2.24) is 10.2 Å². The molecule has 0 saturated heterocycles. The molecule has 2 aromatic carbocycles. The fourth-order valence-electron chi connectivity index (χ4n) is 2.72. The number of nitrogens with one attached hydrogen (secondary N) is 1. The molecular weight excluding hydrogens is 343 g/mol. The van der Waals surface area contributed by atoms with E-state index in [2.05, 4.69) is 42.4 Å². The molecule has 0 unspecified atom stereocenters. The van der Waals surface area contributed by atoms with Gasteiger partial charge in [-0.2, -0.15) is 0 Å². The number of hydrogen-bond acceptors (Lipinski definition) is 2. The Bertz CT molecular complexity index is 731. The summed E-state index contributed by atoms with van der Waals surface area (Å²) >= 11 is 11.4. The zero-order chi connectivity index (χ0) is 17.7. The van der Waals surface area contributed by atoms with Gasteiger partial charge >= 0.3 is 0 Å². The first-order valence-electron chi connectivity index (χ1n) is 7.85. The first-order valence-corrected chi connectivity index (χ1v) is 8.61. The fraction of sp³-hybridized carbons (Fsp3) is 0.316. The molecule has 0 saturated carbocycles. The second kappa shape index (κ2) is 8.52. The smallest absolute Gasteiger partial charge is 0.251 e. The molecule has 0 aromatic heterocycles. The lowest BCUT2D eigenvalue weighted by atomic mass is 9.96. The molecule has 0 spiro atoms. The zero-order valence-electron chi connectivity index (χ0n) is 14.2. The van der Waals surface area contributed by atoms with E-state index in [1.807, 2.05) is 0 Å². The van der Waals surface area contributed by atoms with Crippen LogP contribution in [0.1, 0.15) is 27.0 Å². The van der Waals surface area contributed by atoms with Crippen molar-refractivity contribution >= 4 is 29.1 Å². The molecule has 3 rings (SSSR count). The summed E-state index contributed by atoms with van der Waals surface area (Å²) in [6, 6.07) is 11.4. The first-order chi connectivity index (χ1) is 11.4. The number of rotatable bonds is 1. The maximum absolute atomic E-state index is 11.1. The third kappa shape index (κ3) is 4.73. The van der Waals surface area contributed by atoms with Crippen molar-refractivity contribution in [3.05, 3.63) is 68.7 Å². The SMILES string of the molecule is CNC(=O)c1ccc(Cl)c(Cl)c1.Cc1cccc2c1CCN(C)C2. The average molecular weight is 365 g/mol. The van der Waals surface area contributed by atoms with Crippen LogP contribution in [-0.2, 0) is 13.0 Å². The van der Waals surface area contributed by atoms with Crippen molar-refractivity contribution in [1.29, 1.82) is 0 Å². The van der Waals surface area contributed by atoms with Crippen LogP contribution in [0.3, 0.4) is 0 Å². The van der Waals surface area contributed by atoms with Gasteiger partial charge in [0.15, 0.2) is 0 Å². The number of halogens is 2. The van der Waals surface area contributed by atoms with Gasteiger partial charge in [-0.25, -0.2) is 0 Å². The summed E-state index contributed by atoms with van der Waals surface area (Å²) < 4.78 is 0. The van der Waals surface area contributed by atoms with Crippen molar-refractivity contribution < 1.29 is 4.79 Å². The van der Waals surface area contributed by atoms with Crippen LogP contribution in [0.15, 0.2) is 36.4 Å². The first kappa shape index (κ1) is 18.8. The highest BCUT2D eigenvalue weighted by molar-refractivity contribution is 6.42. The third-order valence-electron chi connectivity index (χ3n) is 4.10. The number of amides is 1. The Hall–Kier alpha value is -1.55. The predicted octanol–water partition coefficient (Wildman–Crippen LogP) is 4.34. The highest BCUT2D eigenvalue weighted by Gasteiger charge is 2.13. The van der Waals surface area contributed by atoms with Crippen LogP contribution in [0.4, 0.5) is 0 Å². The summed E-state index contributed by atoms with van der Waals surface area (Å²) in [6.45, 7) is 4.54. The summed E-state index contributed by atoms with van der Waals surface area (Å²) in [4.78, 5) is 13.4. The Kier molecular flexibility index (Phi) is 6.67. The van der Waals surface area contributed by atoms with Crippen molar-refractivity contribution in [3.8, 4) is 0 Å². The van der Waals surface area contributed by atoms with E-state index >= 15 is 0 Å². The highest BCUT2D eigenvalue weighted by atomic mass is 35.5. The Morgan fingerprint density at radius 3 is 2.58 bits per heavy atom. The molecule has 0 fully saturated rings. The quantitative estimate of drug-likeness (QED) is 0.816. The molecule has 5 heteroatoms. The second-order valence-corrected chi connectivity index (χ2v) is 6.72. The van der Waals surface area contributed by atoms with E-state index in [0.29, 0.717) is 15.6 Å². The average Bonchev–Trinajstić information content (AvgIpc) is 2.57. The maximum atomic E-state index is 11.1. The van der Waals surface area contributed by atoms with Gasteiger partial charge < -0.3 is 10.2 Å². The molecule has 1 aliphatic rings. The van der Waals surface area contributed by atoms with Crippen LogP contribution in [0.2, 0.25) is 10.0 Å². The number of benzene rings is 2. The number of aryl methyl sites for hydroxylation is 1. The third-order valence-corrected chi connectivity index (χ3v) is 4.84. The lowest BCUT2D eigenvalue weighted by Crippen LogP contribution is -2.26. The number of carbonyl (C=O) groups excluding carboxylic acids is 1. The topological polar surface area (TPSA) is 32.3 Å². The summed E-state index contributed by atoms with van der Waals surface area (Å²) in [5.74, 6) is -0.173. The van der Waals surface area contributed by atoms with Crippen molar-refractivity contribution in [2.45, 2.75) is 19.9 Å². The van der Waals surface area contributed by atoms with Gasteiger partial charge in [-0.15, -0.1) is 0 Å². The molecular formula is C19H22Cl2N2O. The maximum Gasteiger partial charge on any atom is 0.251 e. The number of nitrogens with zero attached hydrogens (tertiary/aromatic N) is 1. The van der Waals surface area contributed by atoms with E-state index < -0.39 is 0 Å². The predicted molar refractivity (Wildman–Crippen MR) is 101 cm³/mol.